The molecule has 1 aromatic carbocycles. The van der Waals surface area contributed by atoms with E-state index in [0.717, 1.165) is 38.4 Å². The molecule has 1 saturated heterocycles. The Kier molecular flexibility index (Phi) is 9.24. The number of rotatable bonds is 5. The number of aliphatic imine (C=N–C) groups is 1. The van der Waals surface area contributed by atoms with Crippen molar-refractivity contribution in [2.24, 2.45) is 4.99 Å². The smallest absolute Gasteiger partial charge is 0.222 e. The fraction of sp³-hybridized carbons (Fsp3) is 0.579. The van der Waals surface area contributed by atoms with Gasteiger partial charge < -0.3 is 15.5 Å². The summed E-state index contributed by atoms with van der Waals surface area (Å²) in [5.41, 5.74) is 3.93. The number of likely N-dealkylation sites (tertiary alicyclic amines) is 1. The van der Waals surface area contributed by atoms with Crippen molar-refractivity contribution in [1.29, 1.82) is 0 Å². The van der Waals surface area contributed by atoms with Gasteiger partial charge in [0.05, 0.1) is 0 Å². The summed E-state index contributed by atoms with van der Waals surface area (Å²) >= 11 is 0. The molecule has 1 aliphatic rings. The van der Waals surface area contributed by atoms with E-state index in [0.29, 0.717) is 6.42 Å². The second kappa shape index (κ2) is 10.6. The first-order valence-electron chi connectivity index (χ1n) is 8.84. The van der Waals surface area contributed by atoms with Crippen LogP contribution in [0.4, 0.5) is 0 Å². The normalized spacial score (nSPS) is 17.9. The predicted molar refractivity (Wildman–Crippen MR) is 115 cm³/mol. The fourth-order valence-electron chi connectivity index (χ4n) is 3.15. The van der Waals surface area contributed by atoms with Crippen molar-refractivity contribution in [1.82, 2.24) is 15.5 Å². The van der Waals surface area contributed by atoms with E-state index in [1.807, 2.05) is 7.05 Å². The Morgan fingerprint density at radius 3 is 2.56 bits per heavy atom. The summed E-state index contributed by atoms with van der Waals surface area (Å²) in [6.07, 6.45) is 2.41. The lowest BCUT2D eigenvalue weighted by Gasteiger charge is -2.31. The molecule has 1 heterocycles. The van der Waals surface area contributed by atoms with E-state index in [1.54, 1.807) is 4.90 Å². The third kappa shape index (κ3) is 7.22. The summed E-state index contributed by atoms with van der Waals surface area (Å²) in [6, 6.07) is 6.92. The minimum absolute atomic E-state index is 0. The SMILES string of the molecule is CCNC(=NCCc1cc(C)cc(C)c1)NC1CCC(=O)N(C)C1.I. The largest absolute Gasteiger partial charge is 0.357 e. The number of likely N-dealkylation sites (N-methyl/N-ethyl adjacent to an activating group) is 1. The molecule has 0 bridgehead atoms. The molecule has 2 rings (SSSR count). The number of carbonyl (C=O) groups excluding carboxylic acids is 1. The van der Waals surface area contributed by atoms with Gasteiger partial charge in [-0.2, -0.15) is 0 Å². The standard InChI is InChI=1S/C19H30N4O.HI/c1-5-20-19(22-17-6-7-18(24)23(4)13-17)21-9-8-16-11-14(2)10-15(3)12-16;/h10-12,17H,5-9,13H2,1-4H3,(H2,20,21,22);1H. The van der Waals surface area contributed by atoms with Gasteiger partial charge in [-0.15, -0.1) is 24.0 Å². The topological polar surface area (TPSA) is 56.7 Å². The Labute approximate surface area is 168 Å². The van der Waals surface area contributed by atoms with E-state index in [1.165, 1.54) is 16.7 Å². The molecule has 2 N–H and O–H groups in total. The number of benzene rings is 1. The minimum atomic E-state index is 0. The Hall–Kier alpha value is -1.31. The average molecular weight is 458 g/mol. The molecular formula is C19H31IN4O. The number of guanidine groups is 1. The van der Waals surface area contributed by atoms with E-state index in [2.05, 4.69) is 49.6 Å². The van der Waals surface area contributed by atoms with Gasteiger partial charge in [-0.3, -0.25) is 9.79 Å². The molecule has 0 saturated carbocycles. The monoisotopic (exact) mass is 458 g/mol. The molecule has 0 radical (unpaired) electrons. The van der Waals surface area contributed by atoms with Crippen molar-refractivity contribution < 1.29 is 4.79 Å². The minimum Gasteiger partial charge on any atom is -0.357 e. The first-order valence-corrected chi connectivity index (χ1v) is 8.84. The van der Waals surface area contributed by atoms with Crippen LogP contribution < -0.4 is 10.6 Å². The van der Waals surface area contributed by atoms with Gasteiger partial charge in [-0.25, -0.2) is 0 Å². The molecule has 0 aliphatic carbocycles. The van der Waals surface area contributed by atoms with Crippen LogP contribution in [-0.2, 0) is 11.2 Å². The Balaban J connectivity index is 0.00000312. The van der Waals surface area contributed by atoms with E-state index in [4.69, 9.17) is 4.99 Å². The second-order valence-electron chi connectivity index (χ2n) is 6.66. The van der Waals surface area contributed by atoms with Crippen molar-refractivity contribution in [3.8, 4) is 0 Å². The van der Waals surface area contributed by atoms with Gasteiger partial charge in [0.2, 0.25) is 5.91 Å². The van der Waals surface area contributed by atoms with Crippen LogP contribution in [0, 0.1) is 13.8 Å². The summed E-state index contributed by atoms with van der Waals surface area (Å²) in [4.78, 5) is 18.1. The zero-order chi connectivity index (χ0) is 17.5. The van der Waals surface area contributed by atoms with Gasteiger partial charge in [0.25, 0.3) is 0 Å². The fourth-order valence-corrected chi connectivity index (χ4v) is 3.15. The highest BCUT2D eigenvalue weighted by molar-refractivity contribution is 14.0. The molecule has 1 aromatic rings. The highest BCUT2D eigenvalue weighted by Crippen LogP contribution is 2.10. The third-order valence-electron chi connectivity index (χ3n) is 4.26. The molecule has 0 spiro atoms. The molecule has 1 aliphatic heterocycles. The van der Waals surface area contributed by atoms with E-state index >= 15 is 0 Å². The number of aryl methyl sites for hydroxylation is 2. The summed E-state index contributed by atoms with van der Waals surface area (Å²) in [7, 11) is 1.86. The third-order valence-corrected chi connectivity index (χ3v) is 4.26. The number of nitrogens with one attached hydrogen (secondary N) is 2. The van der Waals surface area contributed by atoms with Crippen LogP contribution >= 0.6 is 24.0 Å². The van der Waals surface area contributed by atoms with Crippen molar-refractivity contribution in [2.75, 3.05) is 26.7 Å². The summed E-state index contributed by atoms with van der Waals surface area (Å²) in [6.45, 7) is 8.65. The van der Waals surface area contributed by atoms with Gasteiger partial charge >= 0.3 is 0 Å². The van der Waals surface area contributed by atoms with Crippen LogP contribution in [0.5, 0.6) is 0 Å². The molecule has 1 fully saturated rings. The summed E-state index contributed by atoms with van der Waals surface area (Å²) < 4.78 is 0. The lowest BCUT2D eigenvalue weighted by molar-refractivity contribution is -0.132. The molecule has 6 heteroatoms. The van der Waals surface area contributed by atoms with Crippen molar-refractivity contribution in [3.63, 3.8) is 0 Å². The van der Waals surface area contributed by atoms with Gasteiger partial charge in [-0.05, 0) is 39.2 Å². The van der Waals surface area contributed by atoms with Gasteiger partial charge in [-0.1, -0.05) is 29.3 Å². The van der Waals surface area contributed by atoms with Crippen LogP contribution in [0.3, 0.4) is 0 Å². The Morgan fingerprint density at radius 2 is 1.96 bits per heavy atom. The zero-order valence-corrected chi connectivity index (χ0v) is 18.1. The molecular weight excluding hydrogens is 427 g/mol. The molecule has 1 amide bonds. The van der Waals surface area contributed by atoms with Crippen LogP contribution in [0.25, 0.3) is 0 Å². The molecule has 25 heavy (non-hydrogen) atoms. The van der Waals surface area contributed by atoms with E-state index < -0.39 is 0 Å². The second-order valence-corrected chi connectivity index (χ2v) is 6.66. The van der Waals surface area contributed by atoms with Gasteiger partial charge in [0, 0.05) is 39.1 Å². The number of hydrogen-bond donors (Lipinski definition) is 2. The Bertz CT molecular complexity index is 583. The molecule has 1 atom stereocenters. The maximum absolute atomic E-state index is 11.6. The molecule has 0 aromatic heterocycles. The Morgan fingerprint density at radius 1 is 1.28 bits per heavy atom. The first kappa shape index (κ1) is 21.7. The van der Waals surface area contributed by atoms with E-state index in [-0.39, 0.29) is 35.9 Å². The molecule has 5 nitrogen and oxygen atoms in total. The lowest BCUT2D eigenvalue weighted by atomic mass is 10.1. The highest BCUT2D eigenvalue weighted by Gasteiger charge is 2.23. The van der Waals surface area contributed by atoms with Crippen LogP contribution in [0.2, 0.25) is 0 Å². The predicted octanol–water partition coefficient (Wildman–Crippen LogP) is 2.64. The number of carbonyl (C=O) groups is 1. The number of piperidine rings is 1. The zero-order valence-electron chi connectivity index (χ0n) is 15.8. The number of nitrogens with zero attached hydrogens (tertiary/aromatic N) is 2. The van der Waals surface area contributed by atoms with Crippen LogP contribution in [0.1, 0.15) is 36.5 Å². The number of halogens is 1. The van der Waals surface area contributed by atoms with Crippen molar-refractivity contribution in [2.45, 2.75) is 46.1 Å². The van der Waals surface area contributed by atoms with Crippen molar-refractivity contribution >= 4 is 35.8 Å². The summed E-state index contributed by atoms with van der Waals surface area (Å²) in [5.74, 6) is 1.07. The average Bonchev–Trinajstić information content (AvgIpc) is 2.50. The van der Waals surface area contributed by atoms with Crippen LogP contribution in [-0.4, -0.2) is 49.5 Å². The quantitative estimate of drug-likeness (QED) is 0.405. The van der Waals surface area contributed by atoms with E-state index in [9.17, 15) is 4.79 Å². The van der Waals surface area contributed by atoms with Crippen molar-refractivity contribution in [3.05, 3.63) is 34.9 Å². The first-order chi connectivity index (χ1) is 11.5. The van der Waals surface area contributed by atoms with Crippen LogP contribution in [0.15, 0.2) is 23.2 Å². The maximum Gasteiger partial charge on any atom is 0.222 e. The highest BCUT2D eigenvalue weighted by atomic mass is 127. The number of amides is 1. The summed E-state index contributed by atoms with van der Waals surface area (Å²) in [5, 5.41) is 6.76. The molecule has 1 unspecified atom stereocenters. The molecule has 140 valence electrons. The maximum atomic E-state index is 11.6. The van der Waals surface area contributed by atoms with Gasteiger partial charge in [0.1, 0.15) is 0 Å². The van der Waals surface area contributed by atoms with Gasteiger partial charge in [0.15, 0.2) is 5.96 Å². The lowest BCUT2D eigenvalue weighted by Crippen LogP contribution is -2.51. The number of hydrogen-bond acceptors (Lipinski definition) is 2.